The SMILES string of the molecule is CC(NC(=O)c1ccccc1)c1ccc2ccccc2c1. The number of nitrogens with one attached hydrogen (secondary N) is 1. The number of hydrogen-bond acceptors (Lipinski definition) is 1. The third-order valence-electron chi connectivity index (χ3n) is 3.66. The fraction of sp³-hybridized carbons (Fsp3) is 0.105. The van der Waals surface area contributed by atoms with Gasteiger partial charge >= 0.3 is 0 Å². The molecular formula is C19H17NO. The molecule has 3 aromatic carbocycles. The van der Waals surface area contributed by atoms with Crippen molar-refractivity contribution in [1.29, 1.82) is 0 Å². The Hall–Kier alpha value is -2.61. The Morgan fingerprint density at radius 3 is 2.29 bits per heavy atom. The Morgan fingerprint density at radius 2 is 1.52 bits per heavy atom. The number of carbonyl (C=O) groups is 1. The molecule has 0 aliphatic rings. The second kappa shape index (κ2) is 5.80. The number of benzene rings is 3. The van der Waals surface area contributed by atoms with Crippen molar-refractivity contribution in [3.8, 4) is 0 Å². The summed E-state index contributed by atoms with van der Waals surface area (Å²) in [5, 5.41) is 5.44. The maximum Gasteiger partial charge on any atom is 0.251 e. The predicted octanol–water partition coefficient (Wildman–Crippen LogP) is 4.33. The lowest BCUT2D eigenvalue weighted by molar-refractivity contribution is 0.0940. The molecular weight excluding hydrogens is 258 g/mol. The van der Waals surface area contributed by atoms with Gasteiger partial charge in [0, 0.05) is 5.56 Å². The summed E-state index contributed by atoms with van der Waals surface area (Å²) >= 11 is 0. The molecule has 2 heteroatoms. The van der Waals surface area contributed by atoms with Crippen LogP contribution in [0.3, 0.4) is 0 Å². The Morgan fingerprint density at radius 1 is 0.857 bits per heavy atom. The van der Waals surface area contributed by atoms with E-state index in [9.17, 15) is 4.79 Å². The normalized spacial score (nSPS) is 12.0. The standard InChI is InChI=1S/C19H17NO/c1-14(20-19(21)16-8-3-2-4-9-16)17-12-11-15-7-5-6-10-18(15)13-17/h2-14H,1H3,(H,20,21). The molecule has 0 radical (unpaired) electrons. The second-order valence-electron chi connectivity index (χ2n) is 5.17. The molecule has 3 rings (SSSR count). The van der Waals surface area contributed by atoms with Crippen LogP contribution in [0.4, 0.5) is 0 Å². The molecule has 0 spiro atoms. The van der Waals surface area contributed by atoms with Crippen molar-refractivity contribution >= 4 is 16.7 Å². The summed E-state index contributed by atoms with van der Waals surface area (Å²) in [6, 6.07) is 23.8. The van der Waals surface area contributed by atoms with Gasteiger partial charge in [-0.25, -0.2) is 0 Å². The van der Waals surface area contributed by atoms with E-state index in [1.54, 1.807) is 0 Å². The van der Waals surface area contributed by atoms with Gasteiger partial charge in [-0.2, -0.15) is 0 Å². The summed E-state index contributed by atoms with van der Waals surface area (Å²) in [7, 11) is 0. The molecule has 2 nitrogen and oxygen atoms in total. The summed E-state index contributed by atoms with van der Waals surface area (Å²) in [5.74, 6) is -0.0451. The zero-order valence-electron chi connectivity index (χ0n) is 11.9. The fourth-order valence-electron chi connectivity index (χ4n) is 2.43. The lowest BCUT2D eigenvalue weighted by atomic mass is 10.0. The van der Waals surface area contributed by atoms with Crippen molar-refractivity contribution in [3.05, 3.63) is 83.9 Å². The average Bonchev–Trinajstić information content (AvgIpc) is 2.55. The summed E-state index contributed by atoms with van der Waals surface area (Å²) < 4.78 is 0. The van der Waals surface area contributed by atoms with E-state index in [2.05, 4.69) is 35.6 Å². The van der Waals surface area contributed by atoms with Gasteiger partial charge in [-0.05, 0) is 41.5 Å². The Labute approximate surface area is 124 Å². The van der Waals surface area contributed by atoms with E-state index in [1.807, 2.05) is 49.4 Å². The van der Waals surface area contributed by atoms with E-state index in [1.165, 1.54) is 10.8 Å². The van der Waals surface area contributed by atoms with Crippen LogP contribution >= 0.6 is 0 Å². The number of carbonyl (C=O) groups excluding carboxylic acids is 1. The third kappa shape index (κ3) is 2.95. The van der Waals surface area contributed by atoms with E-state index in [0.29, 0.717) is 5.56 Å². The van der Waals surface area contributed by atoms with Gasteiger partial charge in [-0.1, -0.05) is 54.6 Å². The first-order valence-corrected chi connectivity index (χ1v) is 7.08. The van der Waals surface area contributed by atoms with Crippen molar-refractivity contribution in [3.63, 3.8) is 0 Å². The molecule has 1 unspecified atom stereocenters. The van der Waals surface area contributed by atoms with Crippen molar-refractivity contribution in [2.45, 2.75) is 13.0 Å². The van der Waals surface area contributed by atoms with Crippen LogP contribution in [0.5, 0.6) is 0 Å². The minimum atomic E-state index is -0.0451. The van der Waals surface area contributed by atoms with Gasteiger partial charge in [0.05, 0.1) is 6.04 Å². The average molecular weight is 275 g/mol. The van der Waals surface area contributed by atoms with Crippen molar-refractivity contribution in [2.75, 3.05) is 0 Å². The first-order chi connectivity index (χ1) is 10.2. The van der Waals surface area contributed by atoms with E-state index < -0.39 is 0 Å². The highest BCUT2D eigenvalue weighted by Gasteiger charge is 2.11. The number of hydrogen-bond donors (Lipinski definition) is 1. The van der Waals surface area contributed by atoms with Gasteiger partial charge in [-0.15, -0.1) is 0 Å². The van der Waals surface area contributed by atoms with Gasteiger partial charge in [0.25, 0.3) is 5.91 Å². The largest absolute Gasteiger partial charge is 0.346 e. The first kappa shape index (κ1) is 13.4. The van der Waals surface area contributed by atoms with Crippen LogP contribution in [0.1, 0.15) is 28.9 Å². The quantitative estimate of drug-likeness (QED) is 0.757. The molecule has 1 N–H and O–H groups in total. The van der Waals surface area contributed by atoms with E-state index >= 15 is 0 Å². The van der Waals surface area contributed by atoms with Crippen LogP contribution in [-0.2, 0) is 0 Å². The Balaban J connectivity index is 1.80. The topological polar surface area (TPSA) is 29.1 Å². The van der Waals surface area contributed by atoms with Gasteiger partial charge < -0.3 is 5.32 Å². The maximum atomic E-state index is 12.2. The predicted molar refractivity (Wildman–Crippen MR) is 86.3 cm³/mol. The zero-order chi connectivity index (χ0) is 14.7. The number of amides is 1. The second-order valence-corrected chi connectivity index (χ2v) is 5.17. The zero-order valence-corrected chi connectivity index (χ0v) is 11.9. The Kier molecular flexibility index (Phi) is 3.69. The molecule has 0 aromatic heterocycles. The van der Waals surface area contributed by atoms with Gasteiger partial charge in [-0.3, -0.25) is 4.79 Å². The summed E-state index contributed by atoms with van der Waals surface area (Å²) in [6.45, 7) is 2.00. The number of fused-ring (bicyclic) bond motifs is 1. The maximum absolute atomic E-state index is 12.2. The lowest BCUT2D eigenvalue weighted by Crippen LogP contribution is -2.26. The van der Waals surface area contributed by atoms with Crippen LogP contribution in [0.25, 0.3) is 10.8 Å². The fourth-order valence-corrected chi connectivity index (χ4v) is 2.43. The molecule has 21 heavy (non-hydrogen) atoms. The van der Waals surface area contributed by atoms with E-state index in [0.717, 1.165) is 5.56 Å². The monoisotopic (exact) mass is 275 g/mol. The third-order valence-corrected chi connectivity index (χ3v) is 3.66. The highest BCUT2D eigenvalue weighted by Crippen LogP contribution is 2.20. The molecule has 0 heterocycles. The van der Waals surface area contributed by atoms with Gasteiger partial charge in [0.2, 0.25) is 0 Å². The molecule has 104 valence electrons. The van der Waals surface area contributed by atoms with Gasteiger partial charge in [0.15, 0.2) is 0 Å². The molecule has 0 aliphatic heterocycles. The minimum Gasteiger partial charge on any atom is -0.346 e. The highest BCUT2D eigenvalue weighted by atomic mass is 16.1. The van der Waals surface area contributed by atoms with E-state index in [-0.39, 0.29) is 11.9 Å². The van der Waals surface area contributed by atoms with Crippen molar-refractivity contribution in [2.24, 2.45) is 0 Å². The molecule has 1 amide bonds. The summed E-state index contributed by atoms with van der Waals surface area (Å²) in [6.07, 6.45) is 0. The van der Waals surface area contributed by atoms with Gasteiger partial charge in [0.1, 0.15) is 0 Å². The molecule has 1 atom stereocenters. The smallest absolute Gasteiger partial charge is 0.251 e. The molecule has 3 aromatic rings. The Bertz CT molecular complexity index is 765. The molecule has 0 aliphatic carbocycles. The first-order valence-electron chi connectivity index (χ1n) is 7.08. The minimum absolute atomic E-state index is 0.0256. The van der Waals surface area contributed by atoms with Crippen LogP contribution in [-0.4, -0.2) is 5.91 Å². The van der Waals surface area contributed by atoms with Crippen LogP contribution in [0.2, 0.25) is 0 Å². The molecule has 0 fully saturated rings. The van der Waals surface area contributed by atoms with Crippen molar-refractivity contribution < 1.29 is 4.79 Å². The summed E-state index contributed by atoms with van der Waals surface area (Å²) in [4.78, 5) is 12.2. The molecule has 0 bridgehead atoms. The molecule has 0 saturated heterocycles. The molecule has 0 saturated carbocycles. The van der Waals surface area contributed by atoms with Crippen LogP contribution in [0, 0.1) is 0 Å². The van der Waals surface area contributed by atoms with Crippen LogP contribution in [0.15, 0.2) is 72.8 Å². The highest BCUT2D eigenvalue weighted by molar-refractivity contribution is 5.94. The lowest BCUT2D eigenvalue weighted by Gasteiger charge is -2.15. The van der Waals surface area contributed by atoms with E-state index in [4.69, 9.17) is 0 Å². The number of rotatable bonds is 3. The van der Waals surface area contributed by atoms with Crippen LogP contribution < -0.4 is 5.32 Å². The summed E-state index contributed by atoms with van der Waals surface area (Å²) in [5.41, 5.74) is 1.79. The van der Waals surface area contributed by atoms with Crippen molar-refractivity contribution in [1.82, 2.24) is 5.32 Å².